The van der Waals surface area contributed by atoms with E-state index in [0.29, 0.717) is 5.02 Å². The predicted octanol–water partition coefficient (Wildman–Crippen LogP) is 2.79. The summed E-state index contributed by atoms with van der Waals surface area (Å²) < 4.78 is 30.9. The number of benzene rings is 1. The van der Waals surface area contributed by atoms with Crippen molar-refractivity contribution in [3.05, 3.63) is 23.0 Å². The number of hydrogen-bond acceptors (Lipinski definition) is 3. The molecule has 0 N–H and O–H groups in total. The van der Waals surface area contributed by atoms with E-state index in [0.717, 1.165) is 0 Å². The Morgan fingerprint density at radius 2 is 1.68 bits per heavy atom. The molecule has 104 valence electrons. The van der Waals surface area contributed by atoms with E-state index < -0.39 is 24.1 Å². The molecule has 19 heavy (non-hydrogen) atoms. The Labute approximate surface area is 118 Å². The van der Waals surface area contributed by atoms with Crippen molar-refractivity contribution in [3.63, 3.8) is 0 Å². The molecule has 0 spiro atoms. The van der Waals surface area contributed by atoms with E-state index in [-0.39, 0.29) is 11.2 Å². The number of halogens is 2. The summed E-state index contributed by atoms with van der Waals surface area (Å²) in [7, 11) is 0.605. The van der Waals surface area contributed by atoms with Gasteiger partial charge in [0.05, 0.1) is 28.8 Å². The maximum atomic E-state index is 14.1. The van der Waals surface area contributed by atoms with Gasteiger partial charge in [-0.25, -0.2) is 4.39 Å². The zero-order valence-corrected chi connectivity index (χ0v) is 12.5. The lowest BCUT2D eigenvalue weighted by Crippen LogP contribution is -2.41. The van der Waals surface area contributed by atoms with E-state index in [4.69, 9.17) is 25.6 Å². The first kappa shape index (κ1) is 14.6. The summed E-state index contributed by atoms with van der Waals surface area (Å²) in [5.74, 6) is -0.208. The molecular formula is C13H17BClFO3. The molecule has 0 saturated carbocycles. The van der Waals surface area contributed by atoms with E-state index in [1.54, 1.807) is 0 Å². The van der Waals surface area contributed by atoms with Crippen molar-refractivity contribution in [2.24, 2.45) is 0 Å². The summed E-state index contributed by atoms with van der Waals surface area (Å²) in [6.45, 7) is 7.62. The van der Waals surface area contributed by atoms with Crippen molar-refractivity contribution in [1.29, 1.82) is 0 Å². The molecule has 3 nitrogen and oxygen atoms in total. The van der Waals surface area contributed by atoms with Gasteiger partial charge >= 0.3 is 7.12 Å². The molecule has 0 unspecified atom stereocenters. The molecule has 0 bridgehead atoms. The van der Waals surface area contributed by atoms with Crippen molar-refractivity contribution in [2.45, 2.75) is 38.9 Å². The summed E-state index contributed by atoms with van der Waals surface area (Å²) in [6.07, 6.45) is 0. The van der Waals surface area contributed by atoms with Gasteiger partial charge in [0.2, 0.25) is 0 Å². The first-order valence-electron chi connectivity index (χ1n) is 6.07. The van der Waals surface area contributed by atoms with E-state index in [9.17, 15) is 4.39 Å². The normalized spacial score (nSPS) is 20.7. The molecule has 1 aliphatic heterocycles. The molecule has 6 heteroatoms. The average molecular weight is 287 g/mol. The van der Waals surface area contributed by atoms with Crippen LogP contribution >= 0.6 is 11.6 Å². The minimum Gasteiger partial charge on any atom is -0.495 e. The molecular weight excluding hydrogens is 269 g/mol. The van der Waals surface area contributed by atoms with Crippen molar-refractivity contribution in [3.8, 4) is 5.75 Å². The Bertz CT molecular complexity index is 489. The summed E-state index contributed by atoms with van der Waals surface area (Å²) in [5, 5.41) is 0.327. The van der Waals surface area contributed by atoms with E-state index in [1.165, 1.54) is 19.2 Å². The van der Waals surface area contributed by atoms with Crippen LogP contribution in [0.5, 0.6) is 5.75 Å². The van der Waals surface area contributed by atoms with Crippen molar-refractivity contribution in [2.75, 3.05) is 7.11 Å². The number of rotatable bonds is 2. The first-order chi connectivity index (χ1) is 8.69. The van der Waals surface area contributed by atoms with Crippen LogP contribution in [0.25, 0.3) is 0 Å². The minimum absolute atomic E-state index is 0.202. The van der Waals surface area contributed by atoms with E-state index >= 15 is 0 Å². The molecule has 1 saturated heterocycles. The molecule has 0 aromatic heterocycles. The second-order valence-corrected chi connectivity index (χ2v) is 5.97. The van der Waals surface area contributed by atoms with Gasteiger partial charge in [0.15, 0.2) is 0 Å². The van der Waals surface area contributed by atoms with Gasteiger partial charge in [-0.3, -0.25) is 0 Å². The number of methoxy groups -OCH3 is 1. The fourth-order valence-electron chi connectivity index (χ4n) is 1.94. The van der Waals surface area contributed by atoms with Crippen LogP contribution in [-0.4, -0.2) is 25.4 Å². The topological polar surface area (TPSA) is 27.7 Å². The van der Waals surface area contributed by atoms with Crippen molar-refractivity contribution >= 4 is 24.2 Å². The lowest BCUT2D eigenvalue weighted by molar-refractivity contribution is 0.00578. The second-order valence-electron chi connectivity index (χ2n) is 5.56. The highest BCUT2D eigenvalue weighted by Crippen LogP contribution is 2.38. The summed E-state index contributed by atoms with van der Waals surface area (Å²) in [4.78, 5) is 0. The molecule has 2 rings (SSSR count). The smallest absolute Gasteiger partial charge is 0.495 e. The molecule has 1 heterocycles. The molecule has 0 amide bonds. The monoisotopic (exact) mass is 286 g/mol. The Balaban J connectivity index is 2.48. The molecule has 1 fully saturated rings. The lowest BCUT2D eigenvalue weighted by atomic mass is 9.78. The largest absolute Gasteiger partial charge is 0.501 e. The third-order valence-corrected chi connectivity index (χ3v) is 4.09. The van der Waals surface area contributed by atoms with Crippen LogP contribution in [0.2, 0.25) is 5.02 Å². The fourth-order valence-corrected chi connectivity index (χ4v) is 2.18. The highest BCUT2D eigenvalue weighted by molar-refractivity contribution is 6.63. The predicted molar refractivity (Wildman–Crippen MR) is 73.7 cm³/mol. The molecule has 1 aromatic rings. The third kappa shape index (κ3) is 2.35. The van der Waals surface area contributed by atoms with Crippen molar-refractivity contribution in [1.82, 2.24) is 0 Å². The summed E-state index contributed by atoms with van der Waals surface area (Å²) in [5.41, 5.74) is -0.886. The minimum atomic E-state index is -0.835. The second kappa shape index (κ2) is 4.65. The van der Waals surface area contributed by atoms with E-state index in [2.05, 4.69) is 0 Å². The first-order valence-corrected chi connectivity index (χ1v) is 6.45. The standard InChI is InChI=1S/C13H17BClFO3/c1-12(2)13(3,4)19-14(18-12)10-9(16)7-6-8(15)11(10)17-5/h6-7H,1-5H3. The van der Waals surface area contributed by atoms with Crippen molar-refractivity contribution < 1.29 is 18.4 Å². The van der Waals surface area contributed by atoms with Crippen LogP contribution in [0, 0.1) is 5.82 Å². The Hall–Kier alpha value is -0.775. The van der Waals surface area contributed by atoms with Gasteiger partial charge in [-0.05, 0) is 39.8 Å². The fraction of sp³-hybridized carbons (Fsp3) is 0.538. The highest BCUT2D eigenvalue weighted by Gasteiger charge is 2.53. The Morgan fingerprint density at radius 3 is 2.16 bits per heavy atom. The Kier molecular flexibility index (Phi) is 3.58. The summed E-state index contributed by atoms with van der Waals surface area (Å²) >= 11 is 6.02. The van der Waals surface area contributed by atoms with Gasteiger partial charge < -0.3 is 14.0 Å². The zero-order chi connectivity index (χ0) is 14.4. The van der Waals surface area contributed by atoms with Gasteiger partial charge in [0.1, 0.15) is 11.6 Å². The van der Waals surface area contributed by atoms with Crippen LogP contribution in [0.15, 0.2) is 12.1 Å². The molecule has 0 aliphatic carbocycles. The lowest BCUT2D eigenvalue weighted by Gasteiger charge is -2.32. The van der Waals surface area contributed by atoms with Gasteiger partial charge in [0.25, 0.3) is 0 Å². The van der Waals surface area contributed by atoms with Crippen LogP contribution in [-0.2, 0) is 9.31 Å². The van der Waals surface area contributed by atoms with Gasteiger partial charge in [-0.2, -0.15) is 0 Å². The molecule has 0 radical (unpaired) electrons. The maximum absolute atomic E-state index is 14.1. The average Bonchev–Trinajstić information content (AvgIpc) is 2.50. The maximum Gasteiger partial charge on any atom is 0.501 e. The van der Waals surface area contributed by atoms with Crippen LogP contribution < -0.4 is 10.2 Å². The van der Waals surface area contributed by atoms with Gasteiger partial charge in [0, 0.05) is 0 Å². The Morgan fingerprint density at radius 1 is 1.16 bits per heavy atom. The number of ether oxygens (including phenoxy) is 1. The molecule has 1 aliphatic rings. The van der Waals surface area contributed by atoms with Crippen LogP contribution in [0.3, 0.4) is 0 Å². The number of hydrogen-bond donors (Lipinski definition) is 0. The van der Waals surface area contributed by atoms with Crippen LogP contribution in [0.4, 0.5) is 4.39 Å². The SMILES string of the molecule is COc1c(Cl)ccc(F)c1B1OC(C)(C)C(C)(C)O1. The molecule has 1 aromatic carbocycles. The van der Waals surface area contributed by atoms with Crippen LogP contribution in [0.1, 0.15) is 27.7 Å². The third-order valence-electron chi connectivity index (χ3n) is 3.79. The quantitative estimate of drug-likeness (QED) is 0.783. The van der Waals surface area contributed by atoms with Gasteiger partial charge in [-0.15, -0.1) is 0 Å². The summed E-state index contributed by atoms with van der Waals surface area (Å²) in [6, 6.07) is 2.73. The highest BCUT2D eigenvalue weighted by atomic mass is 35.5. The van der Waals surface area contributed by atoms with Gasteiger partial charge in [-0.1, -0.05) is 11.6 Å². The molecule has 0 atom stereocenters. The zero-order valence-electron chi connectivity index (χ0n) is 11.7. The van der Waals surface area contributed by atoms with E-state index in [1.807, 2.05) is 27.7 Å².